The van der Waals surface area contributed by atoms with Gasteiger partial charge in [0.15, 0.2) is 0 Å². The van der Waals surface area contributed by atoms with Crippen molar-refractivity contribution < 1.29 is 5.11 Å². The Balaban J connectivity index is 1.91. The Morgan fingerprint density at radius 1 is 1.00 bits per heavy atom. The van der Waals surface area contributed by atoms with Gasteiger partial charge in [-0.3, -0.25) is 4.99 Å². The minimum atomic E-state index is 0.328. The highest BCUT2D eigenvalue weighted by Gasteiger charge is 1.91. The monoisotopic (exact) mass is 265 g/mol. The van der Waals surface area contributed by atoms with Crippen molar-refractivity contribution in [3.8, 4) is 0 Å². The summed E-state index contributed by atoms with van der Waals surface area (Å²) in [5, 5.41) is 8.63. The summed E-state index contributed by atoms with van der Waals surface area (Å²) in [5.74, 6) is 2.39. The first kappa shape index (κ1) is 15.3. The third-order valence-electron chi connectivity index (χ3n) is 2.56. The molecule has 0 amide bonds. The lowest BCUT2D eigenvalue weighted by Crippen LogP contribution is -1.90. The van der Waals surface area contributed by atoms with Crippen LogP contribution in [-0.2, 0) is 0 Å². The maximum Gasteiger partial charge on any atom is 0.0431 e. The molecule has 1 aromatic rings. The van der Waals surface area contributed by atoms with Gasteiger partial charge in [0.1, 0.15) is 0 Å². The van der Waals surface area contributed by atoms with Crippen LogP contribution in [0.25, 0.3) is 0 Å². The Morgan fingerprint density at radius 3 is 2.44 bits per heavy atom. The van der Waals surface area contributed by atoms with Gasteiger partial charge in [-0.25, -0.2) is 0 Å². The molecule has 1 aromatic carbocycles. The maximum absolute atomic E-state index is 8.63. The average Bonchev–Trinajstić information content (AvgIpc) is 2.42. The first-order valence-corrected chi connectivity index (χ1v) is 7.82. The molecule has 0 saturated carbocycles. The fourth-order valence-electron chi connectivity index (χ4n) is 1.53. The van der Waals surface area contributed by atoms with E-state index in [0.717, 1.165) is 25.8 Å². The molecule has 1 rings (SSSR count). The smallest absolute Gasteiger partial charge is 0.0431 e. The number of benzene rings is 1. The Bertz CT molecular complexity index is 314. The SMILES string of the molecule is OCCCCSCCCCN=Cc1ccccc1. The van der Waals surface area contributed by atoms with Crippen LogP contribution in [-0.4, -0.2) is 36.0 Å². The molecule has 2 nitrogen and oxygen atoms in total. The molecule has 0 bridgehead atoms. The van der Waals surface area contributed by atoms with E-state index in [1.165, 1.54) is 23.5 Å². The van der Waals surface area contributed by atoms with Crippen LogP contribution in [0.5, 0.6) is 0 Å². The molecule has 0 atom stereocenters. The molecule has 0 unspecified atom stereocenters. The van der Waals surface area contributed by atoms with Crippen LogP contribution in [0.1, 0.15) is 31.2 Å². The lowest BCUT2D eigenvalue weighted by atomic mass is 10.2. The fraction of sp³-hybridized carbons (Fsp3) is 0.533. The number of nitrogens with zero attached hydrogens (tertiary/aromatic N) is 1. The average molecular weight is 265 g/mol. The predicted octanol–water partition coefficient (Wildman–Crippen LogP) is 3.39. The molecule has 18 heavy (non-hydrogen) atoms. The first-order valence-electron chi connectivity index (χ1n) is 6.67. The van der Waals surface area contributed by atoms with E-state index in [-0.39, 0.29) is 0 Å². The second-order valence-corrected chi connectivity index (χ2v) is 5.42. The van der Waals surface area contributed by atoms with Gasteiger partial charge in [-0.05, 0) is 42.8 Å². The predicted molar refractivity (Wildman–Crippen MR) is 81.8 cm³/mol. The molecule has 100 valence electrons. The van der Waals surface area contributed by atoms with Crippen LogP contribution in [0.2, 0.25) is 0 Å². The summed E-state index contributed by atoms with van der Waals surface area (Å²) in [6, 6.07) is 10.2. The molecule has 1 N–H and O–H groups in total. The summed E-state index contributed by atoms with van der Waals surface area (Å²) >= 11 is 1.98. The van der Waals surface area contributed by atoms with E-state index in [0.29, 0.717) is 6.61 Å². The highest BCUT2D eigenvalue weighted by Crippen LogP contribution is 2.07. The summed E-state index contributed by atoms with van der Waals surface area (Å²) in [4.78, 5) is 4.42. The first-order chi connectivity index (χ1) is 8.93. The summed E-state index contributed by atoms with van der Waals surface area (Å²) in [7, 11) is 0. The van der Waals surface area contributed by atoms with Gasteiger partial charge in [-0.1, -0.05) is 30.3 Å². The number of aliphatic imine (C=N–C) groups is 1. The summed E-state index contributed by atoms with van der Waals surface area (Å²) in [6.07, 6.45) is 6.42. The van der Waals surface area contributed by atoms with Gasteiger partial charge in [0.25, 0.3) is 0 Å². The molecule has 0 fully saturated rings. The van der Waals surface area contributed by atoms with Gasteiger partial charge >= 0.3 is 0 Å². The molecule has 0 aromatic heterocycles. The van der Waals surface area contributed by atoms with Gasteiger partial charge in [0.05, 0.1) is 0 Å². The zero-order valence-electron chi connectivity index (χ0n) is 10.9. The molecule has 3 heteroatoms. The number of aliphatic hydroxyl groups excluding tert-OH is 1. The van der Waals surface area contributed by atoms with Crippen molar-refractivity contribution in [1.82, 2.24) is 0 Å². The highest BCUT2D eigenvalue weighted by molar-refractivity contribution is 7.99. The van der Waals surface area contributed by atoms with Crippen molar-refractivity contribution >= 4 is 18.0 Å². The topological polar surface area (TPSA) is 32.6 Å². The number of hydrogen-bond acceptors (Lipinski definition) is 3. The molecule has 0 aliphatic heterocycles. The molecular weight excluding hydrogens is 242 g/mol. The van der Waals surface area contributed by atoms with E-state index in [1.54, 1.807) is 0 Å². The van der Waals surface area contributed by atoms with Crippen molar-refractivity contribution in [1.29, 1.82) is 0 Å². The molecule has 0 aliphatic rings. The molecule has 0 heterocycles. The summed E-state index contributed by atoms with van der Waals surface area (Å²) < 4.78 is 0. The Hall–Kier alpha value is -0.800. The zero-order chi connectivity index (χ0) is 12.9. The van der Waals surface area contributed by atoms with Gasteiger partial charge in [0.2, 0.25) is 0 Å². The van der Waals surface area contributed by atoms with Gasteiger partial charge in [-0.2, -0.15) is 11.8 Å². The molecule has 0 radical (unpaired) electrons. The number of unbranched alkanes of at least 4 members (excludes halogenated alkanes) is 2. The van der Waals surface area contributed by atoms with Crippen LogP contribution >= 0.6 is 11.8 Å². The van der Waals surface area contributed by atoms with Gasteiger partial charge < -0.3 is 5.11 Å². The van der Waals surface area contributed by atoms with Crippen LogP contribution < -0.4 is 0 Å². The molecule has 0 aliphatic carbocycles. The molecular formula is C15H23NOS. The number of hydrogen-bond donors (Lipinski definition) is 1. The lowest BCUT2D eigenvalue weighted by Gasteiger charge is -1.99. The summed E-state index contributed by atoms with van der Waals surface area (Å²) in [5.41, 5.74) is 1.18. The molecule has 0 spiro atoms. The van der Waals surface area contributed by atoms with E-state index in [4.69, 9.17) is 5.11 Å². The van der Waals surface area contributed by atoms with E-state index in [1.807, 2.05) is 36.2 Å². The number of thioether (sulfide) groups is 1. The standard InChI is InChI=1S/C15H23NOS/c17-11-5-7-13-18-12-6-4-10-16-14-15-8-2-1-3-9-15/h1-3,8-9,14,17H,4-7,10-13H2. The quantitative estimate of drug-likeness (QED) is 0.519. The van der Waals surface area contributed by atoms with E-state index < -0.39 is 0 Å². The normalized spacial score (nSPS) is 11.2. The third kappa shape index (κ3) is 8.31. The van der Waals surface area contributed by atoms with E-state index in [9.17, 15) is 0 Å². The Labute approximate surface area is 115 Å². The van der Waals surface area contributed by atoms with Gasteiger partial charge in [-0.15, -0.1) is 0 Å². The van der Waals surface area contributed by atoms with Crippen LogP contribution in [0.4, 0.5) is 0 Å². The van der Waals surface area contributed by atoms with Crippen molar-refractivity contribution in [2.45, 2.75) is 25.7 Å². The van der Waals surface area contributed by atoms with Crippen molar-refractivity contribution in [3.63, 3.8) is 0 Å². The van der Waals surface area contributed by atoms with Crippen molar-refractivity contribution in [3.05, 3.63) is 35.9 Å². The minimum Gasteiger partial charge on any atom is -0.396 e. The van der Waals surface area contributed by atoms with Gasteiger partial charge in [0, 0.05) is 19.4 Å². The lowest BCUT2D eigenvalue weighted by molar-refractivity contribution is 0.287. The van der Waals surface area contributed by atoms with E-state index >= 15 is 0 Å². The van der Waals surface area contributed by atoms with Crippen LogP contribution in [0, 0.1) is 0 Å². The van der Waals surface area contributed by atoms with E-state index in [2.05, 4.69) is 17.1 Å². The largest absolute Gasteiger partial charge is 0.396 e. The second kappa shape index (κ2) is 11.3. The van der Waals surface area contributed by atoms with Crippen molar-refractivity contribution in [2.75, 3.05) is 24.7 Å². The zero-order valence-corrected chi connectivity index (χ0v) is 11.7. The number of aliphatic hydroxyl groups is 1. The van der Waals surface area contributed by atoms with Crippen molar-refractivity contribution in [2.24, 2.45) is 4.99 Å². The Morgan fingerprint density at radius 2 is 1.72 bits per heavy atom. The fourth-order valence-corrected chi connectivity index (χ4v) is 2.55. The number of rotatable bonds is 10. The van der Waals surface area contributed by atoms with Crippen LogP contribution in [0.3, 0.4) is 0 Å². The van der Waals surface area contributed by atoms with Crippen LogP contribution in [0.15, 0.2) is 35.3 Å². The minimum absolute atomic E-state index is 0.328. The molecule has 0 saturated heterocycles. The summed E-state index contributed by atoms with van der Waals surface area (Å²) in [6.45, 7) is 1.25. The maximum atomic E-state index is 8.63. The second-order valence-electron chi connectivity index (χ2n) is 4.20. The third-order valence-corrected chi connectivity index (χ3v) is 3.72. The highest BCUT2D eigenvalue weighted by atomic mass is 32.2. The Kier molecular flexibility index (Phi) is 9.58.